The highest BCUT2D eigenvalue weighted by Gasteiger charge is 2.20. The van der Waals surface area contributed by atoms with Gasteiger partial charge in [-0.25, -0.2) is 4.79 Å². The van der Waals surface area contributed by atoms with Gasteiger partial charge in [-0.2, -0.15) is 0 Å². The van der Waals surface area contributed by atoms with E-state index >= 15 is 0 Å². The molecule has 0 amide bonds. The van der Waals surface area contributed by atoms with Gasteiger partial charge in [0.2, 0.25) is 0 Å². The molecule has 0 fully saturated rings. The molecule has 1 aromatic heterocycles. The van der Waals surface area contributed by atoms with E-state index in [2.05, 4.69) is 29.7 Å². The van der Waals surface area contributed by atoms with Crippen molar-refractivity contribution < 1.29 is 14.6 Å². The van der Waals surface area contributed by atoms with Crippen LogP contribution in [0.3, 0.4) is 0 Å². The SMILES string of the molecule is COC(=O)c1cccc2c1c1c(O)cccc1n2Cc1cccc(C)c1. The molecule has 4 rings (SSSR count). The number of carbonyl (C=O) groups excluding carboxylic acids is 1. The van der Waals surface area contributed by atoms with Gasteiger partial charge in [-0.15, -0.1) is 0 Å². The molecule has 4 heteroatoms. The van der Waals surface area contributed by atoms with E-state index < -0.39 is 5.97 Å². The Bertz CT molecular complexity index is 1140. The molecule has 0 atom stereocenters. The van der Waals surface area contributed by atoms with Crippen molar-refractivity contribution in [3.8, 4) is 5.75 Å². The summed E-state index contributed by atoms with van der Waals surface area (Å²) in [4.78, 5) is 12.3. The number of nitrogens with zero attached hydrogens (tertiary/aromatic N) is 1. The van der Waals surface area contributed by atoms with E-state index in [1.54, 1.807) is 12.1 Å². The van der Waals surface area contributed by atoms with Crippen molar-refractivity contribution in [3.63, 3.8) is 0 Å². The second-order valence-electron chi connectivity index (χ2n) is 6.44. The van der Waals surface area contributed by atoms with Gasteiger partial charge in [0.15, 0.2) is 0 Å². The molecule has 3 aromatic carbocycles. The molecule has 0 aliphatic rings. The Morgan fingerprint density at radius 3 is 2.42 bits per heavy atom. The smallest absolute Gasteiger partial charge is 0.338 e. The molecule has 0 aliphatic heterocycles. The van der Waals surface area contributed by atoms with Gasteiger partial charge < -0.3 is 14.4 Å². The molecule has 0 spiro atoms. The summed E-state index contributed by atoms with van der Waals surface area (Å²) in [5, 5.41) is 11.9. The molecule has 0 bridgehead atoms. The molecule has 0 saturated carbocycles. The predicted octanol–water partition coefficient (Wildman–Crippen LogP) is 4.64. The van der Waals surface area contributed by atoms with Crippen LogP contribution >= 0.6 is 0 Å². The van der Waals surface area contributed by atoms with E-state index in [0.29, 0.717) is 17.5 Å². The van der Waals surface area contributed by atoms with Crippen LogP contribution in [-0.2, 0) is 11.3 Å². The first kappa shape index (κ1) is 16.2. The lowest BCUT2D eigenvalue weighted by Gasteiger charge is -2.09. The van der Waals surface area contributed by atoms with Crippen molar-refractivity contribution in [1.29, 1.82) is 0 Å². The minimum absolute atomic E-state index is 0.159. The molecule has 0 radical (unpaired) electrons. The number of hydrogen-bond donors (Lipinski definition) is 1. The molecule has 4 nitrogen and oxygen atoms in total. The van der Waals surface area contributed by atoms with Gasteiger partial charge in [0.05, 0.1) is 29.1 Å². The second kappa shape index (κ2) is 6.23. The molecule has 26 heavy (non-hydrogen) atoms. The number of aryl methyl sites for hydroxylation is 1. The lowest BCUT2D eigenvalue weighted by Crippen LogP contribution is -2.03. The van der Waals surface area contributed by atoms with E-state index in [4.69, 9.17) is 4.74 Å². The number of carbonyl (C=O) groups is 1. The Balaban J connectivity index is 2.06. The number of phenols is 1. The Labute approximate surface area is 151 Å². The van der Waals surface area contributed by atoms with Gasteiger partial charge >= 0.3 is 5.97 Å². The first-order valence-corrected chi connectivity index (χ1v) is 8.47. The van der Waals surface area contributed by atoms with Gasteiger partial charge in [-0.05, 0) is 36.8 Å². The van der Waals surface area contributed by atoms with Crippen LogP contribution < -0.4 is 0 Å². The highest BCUT2D eigenvalue weighted by atomic mass is 16.5. The quantitative estimate of drug-likeness (QED) is 0.550. The van der Waals surface area contributed by atoms with Crippen molar-refractivity contribution in [2.75, 3.05) is 7.11 Å². The molecule has 0 unspecified atom stereocenters. The number of rotatable bonds is 3. The fourth-order valence-electron chi connectivity index (χ4n) is 3.61. The predicted molar refractivity (Wildman–Crippen MR) is 103 cm³/mol. The zero-order chi connectivity index (χ0) is 18.3. The number of phenolic OH excluding ortho intramolecular Hbond substituents is 1. The summed E-state index contributed by atoms with van der Waals surface area (Å²) in [5.41, 5.74) is 4.60. The van der Waals surface area contributed by atoms with Crippen LogP contribution in [0.1, 0.15) is 21.5 Å². The summed E-state index contributed by atoms with van der Waals surface area (Å²) in [6.07, 6.45) is 0. The number of fused-ring (bicyclic) bond motifs is 3. The van der Waals surface area contributed by atoms with Gasteiger partial charge in [0.25, 0.3) is 0 Å². The van der Waals surface area contributed by atoms with Crippen molar-refractivity contribution in [1.82, 2.24) is 4.57 Å². The highest BCUT2D eigenvalue weighted by Crippen LogP contribution is 2.37. The van der Waals surface area contributed by atoms with Crippen molar-refractivity contribution in [3.05, 3.63) is 77.4 Å². The highest BCUT2D eigenvalue weighted by molar-refractivity contribution is 6.19. The molecule has 0 saturated heterocycles. The van der Waals surface area contributed by atoms with Crippen molar-refractivity contribution >= 4 is 27.8 Å². The number of ether oxygens (including phenoxy) is 1. The van der Waals surface area contributed by atoms with Crippen molar-refractivity contribution in [2.45, 2.75) is 13.5 Å². The van der Waals surface area contributed by atoms with E-state index in [1.165, 1.54) is 12.7 Å². The molecule has 0 aliphatic carbocycles. The van der Waals surface area contributed by atoms with Crippen LogP contribution in [0.2, 0.25) is 0 Å². The number of methoxy groups -OCH3 is 1. The lowest BCUT2D eigenvalue weighted by atomic mass is 10.1. The van der Waals surface area contributed by atoms with Crippen molar-refractivity contribution in [2.24, 2.45) is 0 Å². The molecule has 1 N–H and O–H groups in total. The second-order valence-corrected chi connectivity index (χ2v) is 6.44. The van der Waals surface area contributed by atoms with Crippen LogP contribution in [-0.4, -0.2) is 22.8 Å². The molecular weight excluding hydrogens is 326 g/mol. The number of hydrogen-bond acceptors (Lipinski definition) is 3. The van der Waals surface area contributed by atoms with Crippen LogP contribution in [0.15, 0.2) is 60.7 Å². The average Bonchev–Trinajstić information content (AvgIpc) is 2.96. The number of aromatic nitrogens is 1. The van der Waals surface area contributed by atoms with Gasteiger partial charge in [-0.3, -0.25) is 0 Å². The maximum atomic E-state index is 12.3. The largest absolute Gasteiger partial charge is 0.507 e. The summed E-state index contributed by atoms with van der Waals surface area (Å²) < 4.78 is 7.08. The molecular formula is C22H19NO3. The van der Waals surface area contributed by atoms with Crippen LogP contribution in [0.4, 0.5) is 0 Å². The first-order valence-electron chi connectivity index (χ1n) is 8.47. The third-order valence-electron chi connectivity index (χ3n) is 4.72. The summed E-state index contributed by atoms with van der Waals surface area (Å²) >= 11 is 0. The van der Waals surface area contributed by atoms with Crippen LogP contribution in [0.25, 0.3) is 21.8 Å². The van der Waals surface area contributed by atoms with Crippen LogP contribution in [0.5, 0.6) is 5.75 Å². The van der Waals surface area contributed by atoms with Crippen LogP contribution in [0, 0.1) is 6.92 Å². The molecule has 1 heterocycles. The summed E-state index contributed by atoms with van der Waals surface area (Å²) in [6.45, 7) is 2.71. The number of esters is 1. The Morgan fingerprint density at radius 2 is 1.69 bits per heavy atom. The van der Waals surface area contributed by atoms with E-state index in [-0.39, 0.29) is 5.75 Å². The average molecular weight is 345 g/mol. The maximum absolute atomic E-state index is 12.3. The maximum Gasteiger partial charge on any atom is 0.338 e. The van der Waals surface area contributed by atoms with E-state index in [1.807, 2.05) is 30.3 Å². The fourth-order valence-corrected chi connectivity index (χ4v) is 3.61. The Morgan fingerprint density at radius 1 is 1.00 bits per heavy atom. The Hall–Kier alpha value is -3.27. The lowest BCUT2D eigenvalue weighted by molar-refractivity contribution is 0.0603. The molecule has 4 aromatic rings. The monoisotopic (exact) mass is 345 g/mol. The topological polar surface area (TPSA) is 51.5 Å². The minimum Gasteiger partial charge on any atom is -0.507 e. The summed E-state index contributed by atoms with van der Waals surface area (Å²) in [5.74, 6) is -0.250. The third kappa shape index (κ3) is 2.51. The summed E-state index contributed by atoms with van der Waals surface area (Å²) in [6, 6.07) is 19.3. The molecule has 130 valence electrons. The zero-order valence-electron chi connectivity index (χ0n) is 14.7. The zero-order valence-corrected chi connectivity index (χ0v) is 14.7. The summed E-state index contributed by atoms with van der Waals surface area (Å²) in [7, 11) is 1.37. The standard InChI is InChI=1S/C22H19NO3/c1-14-6-3-7-15(12-14)13-23-17-9-4-8-16(22(25)26-2)20(17)21-18(23)10-5-11-19(21)24/h3-12,24H,13H2,1-2H3. The fraction of sp³-hybridized carbons (Fsp3) is 0.136. The Kier molecular flexibility index (Phi) is 3.88. The van der Waals surface area contributed by atoms with Gasteiger partial charge in [0.1, 0.15) is 5.75 Å². The van der Waals surface area contributed by atoms with Gasteiger partial charge in [-0.1, -0.05) is 42.0 Å². The minimum atomic E-state index is -0.409. The van der Waals surface area contributed by atoms with E-state index in [0.717, 1.165) is 22.0 Å². The first-order chi connectivity index (χ1) is 12.6. The number of aromatic hydroxyl groups is 1. The third-order valence-corrected chi connectivity index (χ3v) is 4.72. The van der Waals surface area contributed by atoms with Gasteiger partial charge in [0, 0.05) is 11.9 Å². The normalized spacial score (nSPS) is 11.2. The van der Waals surface area contributed by atoms with E-state index in [9.17, 15) is 9.90 Å². The number of benzene rings is 3.